The Morgan fingerprint density at radius 3 is 2.92 bits per heavy atom. The molecule has 0 N–H and O–H groups in total. The molecule has 5 heteroatoms. The minimum Gasteiger partial charge on any atom is -0.287 e. The minimum absolute atomic E-state index is 0.0489. The van der Waals surface area contributed by atoms with Crippen LogP contribution in [0.2, 0.25) is 0 Å². The zero-order chi connectivity index (χ0) is 8.97. The van der Waals surface area contributed by atoms with E-state index in [9.17, 15) is 9.18 Å². The van der Waals surface area contributed by atoms with E-state index in [0.29, 0.717) is 0 Å². The highest BCUT2D eigenvalue weighted by Gasteiger charge is 2.02. The van der Waals surface area contributed by atoms with Gasteiger partial charge in [-0.1, -0.05) is 12.1 Å². The first kappa shape index (κ1) is 8.23. The lowest BCUT2D eigenvalue weighted by Crippen LogP contribution is -1.92. The van der Waals surface area contributed by atoms with Crippen LogP contribution in [-0.2, 0) is 0 Å². The number of amides is 1. The fourth-order valence-corrected chi connectivity index (χ4v) is 0.720. The van der Waals surface area contributed by atoms with Gasteiger partial charge in [-0.15, -0.1) is 0 Å². The molecular weight excluding hydrogens is 161 g/mol. The van der Waals surface area contributed by atoms with Gasteiger partial charge in [-0.25, -0.2) is 4.39 Å². The van der Waals surface area contributed by atoms with Crippen LogP contribution < -0.4 is 0 Å². The van der Waals surface area contributed by atoms with Crippen molar-refractivity contribution in [2.45, 2.75) is 0 Å². The van der Waals surface area contributed by atoms with E-state index >= 15 is 0 Å². The highest BCUT2D eigenvalue weighted by atomic mass is 19.1. The zero-order valence-electron chi connectivity index (χ0n) is 5.94. The summed E-state index contributed by atoms with van der Waals surface area (Å²) in [6.07, 6.45) is 0. The Labute approximate surface area is 67.3 Å². The Kier molecular flexibility index (Phi) is 2.40. The Morgan fingerprint density at radius 1 is 1.58 bits per heavy atom. The average molecular weight is 165 g/mol. The molecule has 0 aliphatic rings. The average Bonchev–Trinajstić information content (AvgIpc) is 2.05. The molecule has 0 aliphatic heterocycles. The van der Waals surface area contributed by atoms with Crippen LogP contribution in [0.15, 0.2) is 29.4 Å². The van der Waals surface area contributed by atoms with E-state index in [0.717, 1.165) is 6.07 Å². The minimum atomic E-state index is -0.781. The Hall–Kier alpha value is -1.87. The van der Waals surface area contributed by atoms with E-state index < -0.39 is 11.7 Å². The normalized spacial score (nSPS) is 8.75. The first-order chi connectivity index (χ1) is 5.74. The smallest absolute Gasteiger partial charge is 0.249 e. The number of rotatable bonds is 1. The molecule has 0 aromatic heterocycles. The van der Waals surface area contributed by atoms with Crippen molar-refractivity contribution < 1.29 is 9.18 Å². The third-order valence-electron chi connectivity index (χ3n) is 1.21. The van der Waals surface area contributed by atoms with Gasteiger partial charge >= 0.3 is 0 Å². The molecule has 0 saturated heterocycles. The second kappa shape index (κ2) is 3.50. The van der Waals surface area contributed by atoms with Crippen molar-refractivity contribution in [2.75, 3.05) is 0 Å². The molecule has 1 rings (SSSR count). The summed E-state index contributed by atoms with van der Waals surface area (Å²) in [6.45, 7) is 0. The van der Waals surface area contributed by atoms with E-state index in [1.165, 1.54) is 18.2 Å². The van der Waals surface area contributed by atoms with E-state index in [4.69, 9.17) is 5.53 Å². The molecule has 0 atom stereocenters. The molecule has 0 radical (unpaired) electrons. The number of azide groups is 1. The van der Waals surface area contributed by atoms with E-state index in [1.807, 2.05) is 0 Å². The molecule has 0 heterocycles. The Morgan fingerprint density at radius 2 is 2.33 bits per heavy atom. The van der Waals surface area contributed by atoms with Crippen LogP contribution in [0.3, 0.4) is 0 Å². The zero-order valence-corrected chi connectivity index (χ0v) is 5.94. The predicted molar refractivity (Wildman–Crippen MR) is 39.9 cm³/mol. The number of carbonyl (C=O) groups is 1. The largest absolute Gasteiger partial charge is 0.287 e. The third-order valence-corrected chi connectivity index (χ3v) is 1.21. The SMILES string of the molecule is [N-]=[N+]=NC(=O)c1cccc(F)c1. The highest BCUT2D eigenvalue weighted by Crippen LogP contribution is 2.04. The van der Waals surface area contributed by atoms with Crippen LogP contribution in [0.5, 0.6) is 0 Å². The topological polar surface area (TPSA) is 65.8 Å². The second-order valence-corrected chi connectivity index (χ2v) is 2.00. The molecule has 0 spiro atoms. The summed E-state index contributed by atoms with van der Waals surface area (Å²) < 4.78 is 12.5. The monoisotopic (exact) mass is 165 g/mol. The lowest BCUT2D eigenvalue weighted by Gasteiger charge is -1.92. The quantitative estimate of drug-likeness (QED) is 0.357. The summed E-state index contributed by atoms with van der Waals surface area (Å²) in [6, 6.07) is 4.96. The molecule has 1 amide bonds. The summed E-state index contributed by atoms with van der Waals surface area (Å²) in [5, 5.41) is 2.81. The molecule has 1 aromatic rings. The maximum atomic E-state index is 12.5. The molecule has 0 aliphatic carbocycles. The maximum absolute atomic E-state index is 12.5. The molecule has 4 nitrogen and oxygen atoms in total. The van der Waals surface area contributed by atoms with Crippen molar-refractivity contribution >= 4 is 5.91 Å². The third kappa shape index (κ3) is 1.81. The molecule has 0 fully saturated rings. The first-order valence-corrected chi connectivity index (χ1v) is 3.09. The fourth-order valence-electron chi connectivity index (χ4n) is 0.720. The summed E-state index contributed by atoms with van der Waals surface area (Å²) in [7, 11) is 0. The van der Waals surface area contributed by atoms with Gasteiger partial charge in [0.15, 0.2) is 0 Å². The van der Waals surface area contributed by atoms with Gasteiger partial charge in [0.1, 0.15) is 5.82 Å². The molecule has 12 heavy (non-hydrogen) atoms. The van der Waals surface area contributed by atoms with Gasteiger partial charge in [0, 0.05) is 10.5 Å². The van der Waals surface area contributed by atoms with Crippen LogP contribution >= 0.6 is 0 Å². The number of hydrogen-bond acceptors (Lipinski definition) is 1. The number of carbonyl (C=O) groups excluding carboxylic acids is 1. The van der Waals surface area contributed by atoms with Gasteiger partial charge in [-0.2, -0.15) is 0 Å². The Balaban J connectivity index is 3.03. The molecule has 1 aromatic carbocycles. The van der Waals surface area contributed by atoms with Crippen LogP contribution in [0.1, 0.15) is 10.4 Å². The van der Waals surface area contributed by atoms with Crippen LogP contribution in [0, 0.1) is 5.82 Å². The van der Waals surface area contributed by atoms with Gasteiger partial charge in [0.05, 0.1) is 0 Å². The number of hydrogen-bond donors (Lipinski definition) is 0. The second-order valence-electron chi connectivity index (χ2n) is 2.00. The standard InChI is InChI=1S/C7H4FN3O/c8-6-3-1-2-5(4-6)7(12)10-11-9/h1-4H. The van der Waals surface area contributed by atoms with Gasteiger partial charge in [-0.3, -0.25) is 4.79 Å². The summed E-state index contributed by atoms with van der Waals surface area (Å²) in [5.74, 6) is -1.31. The predicted octanol–water partition coefficient (Wildman–Crippen LogP) is 2.28. The van der Waals surface area contributed by atoms with Gasteiger partial charge in [0.2, 0.25) is 5.91 Å². The number of benzene rings is 1. The number of halogens is 1. The summed E-state index contributed by atoms with van der Waals surface area (Å²) in [5.41, 5.74) is 7.96. The van der Waals surface area contributed by atoms with E-state index in [2.05, 4.69) is 10.0 Å². The molecular formula is C7H4FN3O. The van der Waals surface area contributed by atoms with Crippen LogP contribution in [-0.4, -0.2) is 5.91 Å². The van der Waals surface area contributed by atoms with Crippen molar-refractivity contribution in [2.24, 2.45) is 5.11 Å². The van der Waals surface area contributed by atoms with Crippen molar-refractivity contribution in [3.8, 4) is 0 Å². The van der Waals surface area contributed by atoms with E-state index in [1.54, 1.807) is 0 Å². The number of nitrogens with zero attached hydrogens (tertiary/aromatic N) is 3. The van der Waals surface area contributed by atoms with Crippen LogP contribution in [0.4, 0.5) is 4.39 Å². The van der Waals surface area contributed by atoms with Crippen molar-refractivity contribution in [3.63, 3.8) is 0 Å². The van der Waals surface area contributed by atoms with Gasteiger partial charge in [0.25, 0.3) is 0 Å². The lowest BCUT2D eigenvalue weighted by molar-refractivity contribution is 0.1000. The molecule has 60 valence electrons. The summed E-state index contributed by atoms with van der Waals surface area (Å²) in [4.78, 5) is 13.1. The van der Waals surface area contributed by atoms with Crippen molar-refractivity contribution in [3.05, 3.63) is 46.1 Å². The molecule has 0 unspecified atom stereocenters. The Bertz CT molecular complexity index is 357. The van der Waals surface area contributed by atoms with Crippen molar-refractivity contribution in [1.82, 2.24) is 0 Å². The van der Waals surface area contributed by atoms with E-state index in [-0.39, 0.29) is 5.56 Å². The fraction of sp³-hybridized carbons (Fsp3) is 0. The van der Waals surface area contributed by atoms with Gasteiger partial charge < -0.3 is 0 Å². The molecule has 0 saturated carbocycles. The summed E-state index contributed by atoms with van der Waals surface area (Å²) >= 11 is 0. The first-order valence-electron chi connectivity index (χ1n) is 3.09. The van der Waals surface area contributed by atoms with Gasteiger partial charge in [-0.05, 0) is 22.8 Å². The lowest BCUT2D eigenvalue weighted by atomic mass is 10.2. The highest BCUT2D eigenvalue weighted by molar-refractivity contribution is 5.94. The van der Waals surface area contributed by atoms with Crippen molar-refractivity contribution in [1.29, 1.82) is 0 Å². The maximum Gasteiger partial charge on any atom is 0.249 e. The molecule has 0 bridgehead atoms. The van der Waals surface area contributed by atoms with Crippen LogP contribution in [0.25, 0.3) is 10.4 Å².